The van der Waals surface area contributed by atoms with E-state index in [-0.39, 0.29) is 6.42 Å². The van der Waals surface area contributed by atoms with Crippen LogP contribution in [0.5, 0.6) is 5.75 Å². The van der Waals surface area contributed by atoms with Crippen LogP contribution in [-0.2, 0) is 17.6 Å². The second-order valence-corrected chi connectivity index (χ2v) is 4.03. The Morgan fingerprint density at radius 1 is 1.47 bits per heavy atom. The average molecular weight is 273 g/mol. The van der Waals surface area contributed by atoms with Gasteiger partial charge in [-0.3, -0.25) is 4.79 Å². The van der Waals surface area contributed by atoms with Gasteiger partial charge in [0.15, 0.2) is 0 Å². The lowest BCUT2D eigenvalue weighted by Gasteiger charge is -2.10. The number of hydrogen-bond acceptors (Lipinski definition) is 2. The standard InChI is InChI=1S/C11H13BrO3/c1-3-7-5-10(15-2)8(4-9(7)12)6-11(13)14/h4-5H,3,6H2,1-2H3,(H,13,14). The van der Waals surface area contributed by atoms with Crippen LogP contribution in [0.3, 0.4) is 0 Å². The summed E-state index contributed by atoms with van der Waals surface area (Å²) in [5.41, 5.74) is 1.80. The summed E-state index contributed by atoms with van der Waals surface area (Å²) in [5, 5.41) is 8.73. The summed E-state index contributed by atoms with van der Waals surface area (Å²) in [7, 11) is 1.55. The van der Waals surface area contributed by atoms with Gasteiger partial charge in [-0.25, -0.2) is 0 Å². The number of ether oxygens (including phenoxy) is 1. The van der Waals surface area contributed by atoms with Gasteiger partial charge < -0.3 is 9.84 Å². The second kappa shape index (κ2) is 5.16. The molecule has 15 heavy (non-hydrogen) atoms. The summed E-state index contributed by atoms with van der Waals surface area (Å²) in [6.07, 6.45) is 0.857. The summed E-state index contributed by atoms with van der Waals surface area (Å²) in [5.74, 6) is -0.220. The largest absolute Gasteiger partial charge is 0.496 e. The molecule has 0 atom stereocenters. The van der Waals surface area contributed by atoms with Crippen molar-refractivity contribution in [1.82, 2.24) is 0 Å². The predicted octanol–water partition coefficient (Wildman–Crippen LogP) is 2.65. The number of benzene rings is 1. The molecule has 0 fully saturated rings. The van der Waals surface area contributed by atoms with Gasteiger partial charge in [-0.2, -0.15) is 0 Å². The molecule has 0 radical (unpaired) electrons. The molecule has 1 aromatic carbocycles. The first-order valence-corrected chi connectivity index (χ1v) is 5.44. The molecule has 0 aliphatic rings. The smallest absolute Gasteiger partial charge is 0.307 e. The van der Waals surface area contributed by atoms with Crippen LogP contribution in [0.2, 0.25) is 0 Å². The van der Waals surface area contributed by atoms with Gasteiger partial charge in [0.2, 0.25) is 0 Å². The Labute approximate surface area is 97.2 Å². The fourth-order valence-corrected chi connectivity index (χ4v) is 2.07. The van der Waals surface area contributed by atoms with E-state index in [9.17, 15) is 4.79 Å². The Kier molecular flexibility index (Phi) is 4.15. The third kappa shape index (κ3) is 2.96. The predicted molar refractivity (Wildman–Crippen MR) is 61.4 cm³/mol. The van der Waals surface area contributed by atoms with Crippen LogP contribution < -0.4 is 4.74 Å². The number of hydrogen-bond donors (Lipinski definition) is 1. The van der Waals surface area contributed by atoms with Crippen LogP contribution in [0.4, 0.5) is 0 Å². The number of methoxy groups -OCH3 is 1. The van der Waals surface area contributed by atoms with E-state index >= 15 is 0 Å². The Hall–Kier alpha value is -1.03. The number of carbonyl (C=O) groups is 1. The molecule has 0 aliphatic carbocycles. The summed E-state index contributed by atoms with van der Waals surface area (Å²) in [6, 6.07) is 3.69. The number of aliphatic carboxylic acids is 1. The summed E-state index contributed by atoms with van der Waals surface area (Å²) in [6.45, 7) is 2.04. The van der Waals surface area contributed by atoms with Gasteiger partial charge in [0.1, 0.15) is 5.75 Å². The second-order valence-electron chi connectivity index (χ2n) is 3.18. The van der Waals surface area contributed by atoms with Gasteiger partial charge in [0, 0.05) is 10.0 Å². The van der Waals surface area contributed by atoms with Gasteiger partial charge in [-0.1, -0.05) is 22.9 Å². The summed E-state index contributed by atoms with van der Waals surface area (Å²) in [4.78, 5) is 10.6. The zero-order chi connectivity index (χ0) is 11.4. The van der Waals surface area contributed by atoms with Gasteiger partial charge in [0.25, 0.3) is 0 Å². The van der Waals surface area contributed by atoms with E-state index in [1.807, 2.05) is 19.1 Å². The van der Waals surface area contributed by atoms with Crippen molar-refractivity contribution in [1.29, 1.82) is 0 Å². The van der Waals surface area contributed by atoms with Crippen molar-refractivity contribution in [3.05, 3.63) is 27.7 Å². The molecule has 0 saturated carbocycles. The number of rotatable bonds is 4. The first-order chi connectivity index (χ1) is 7.08. The highest BCUT2D eigenvalue weighted by Gasteiger charge is 2.10. The molecule has 3 nitrogen and oxygen atoms in total. The van der Waals surface area contributed by atoms with Gasteiger partial charge in [-0.15, -0.1) is 0 Å². The van der Waals surface area contributed by atoms with Crippen LogP contribution in [0, 0.1) is 0 Å². The lowest BCUT2D eigenvalue weighted by Crippen LogP contribution is -2.03. The average Bonchev–Trinajstić information content (AvgIpc) is 2.17. The summed E-state index contributed by atoms with van der Waals surface area (Å²) < 4.78 is 6.09. The van der Waals surface area contributed by atoms with Crippen LogP contribution in [0.1, 0.15) is 18.1 Å². The fraction of sp³-hybridized carbons (Fsp3) is 0.364. The first-order valence-electron chi connectivity index (χ1n) is 4.65. The molecular formula is C11H13BrO3. The fourth-order valence-electron chi connectivity index (χ4n) is 1.40. The zero-order valence-corrected chi connectivity index (χ0v) is 10.3. The van der Waals surface area contributed by atoms with Crippen LogP contribution in [0.15, 0.2) is 16.6 Å². The van der Waals surface area contributed by atoms with E-state index in [0.29, 0.717) is 11.3 Å². The van der Waals surface area contributed by atoms with E-state index in [4.69, 9.17) is 9.84 Å². The first kappa shape index (κ1) is 12.0. The van der Waals surface area contributed by atoms with Gasteiger partial charge in [0.05, 0.1) is 13.5 Å². The van der Waals surface area contributed by atoms with E-state index in [1.54, 1.807) is 7.11 Å². The highest BCUT2D eigenvalue weighted by atomic mass is 79.9. The van der Waals surface area contributed by atoms with E-state index in [0.717, 1.165) is 16.5 Å². The van der Waals surface area contributed by atoms with Crippen molar-refractivity contribution < 1.29 is 14.6 Å². The number of carboxylic acids is 1. The summed E-state index contributed by atoms with van der Waals surface area (Å²) >= 11 is 3.41. The SMILES string of the molecule is CCc1cc(OC)c(CC(=O)O)cc1Br. The molecule has 82 valence electrons. The maximum Gasteiger partial charge on any atom is 0.307 e. The minimum absolute atomic E-state index is 0.0221. The molecule has 1 aromatic rings. The van der Waals surface area contributed by atoms with Crippen molar-refractivity contribution in [3.63, 3.8) is 0 Å². The van der Waals surface area contributed by atoms with Crippen LogP contribution in [-0.4, -0.2) is 18.2 Å². The molecule has 0 heterocycles. The van der Waals surface area contributed by atoms with Crippen molar-refractivity contribution >= 4 is 21.9 Å². The van der Waals surface area contributed by atoms with Crippen LogP contribution >= 0.6 is 15.9 Å². The van der Waals surface area contributed by atoms with Crippen LogP contribution in [0.25, 0.3) is 0 Å². The molecule has 0 aliphatic heterocycles. The van der Waals surface area contributed by atoms with Crippen molar-refractivity contribution in [2.24, 2.45) is 0 Å². The molecule has 0 amide bonds. The van der Waals surface area contributed by atoms with Gasteiger partial charge in [-0.05, 0) is 24.1 Å². The van der Waals surface area contributed by atoms with E-state index < -0.39 is 5.97 Å². The highest BCUT2D eigenvalue weighted by Crippen LogP contribution is 2.28. The molecule has 4 heteroatoms. The van der Waals surface area contributed by atoms with Crippen molar-refractivity contribution in [3.8, 4) is 5.75 Å². The third-order valence-corrected chi connectivity index (χ3v) is 2.91. The van der Waals surface area contributed by atoms with Gasteiger partial charge >= 0.3 is 5.97 Å². The van der Waals surface area contributed by atoms with Crippen molar-refractivity contribution in [2.45, 2.75) is 19.8 Å². The molecule has 0 unspecified atom stereocenters. The lowest BCUT2D eigenvalue weighted by atomic mass is 10.1. The molecule has 1 rings (SSSR count). The molecular weight excluding hydrogens is 260 g/mol. The topological polar surface area (TPSA) is 46.5 Å². The normalized spacial score (nSPS) is 10.1. The Morgan fingerprint density at radius 2 is 2.13 bits per heavy atom. The number of halogens is 1. The maximum atomic E-state index is 10.6. The molecule has 0 spiro atoms. The number of carboxylic acid groups (broad SMARTS) is 1. The zero-order valence-electron chi connectivity index (χ0n) is 8.71. The molecule has 1 N–H and O–H groups in total. The quantitative estimate of drug-likeness (QED) is 0.917. The maximum absolute atomic E-state index is 10.6. The molecule has 0 aromatic heterocycles. The Morgan fingerprint density at radius 3 is 2.60 bits per heavy atom. The monoisotopic (exact) mass is 272 g/mol. The minimum Gasteiger partial charge on any atom is -0.496 e. The number of aryl methyl sites for hydroxylation is 1. The highest BCUT2D eigenvalue weighted by molar-refractivity contribution is 9.10. The minimum atomic E-state index is -0.857. The lowest BCUT2D eigenvalue weighted by molar-refractivity contribution is -0.136. The Bertz CT molecular complexity index is 374. The third-order valence-electron chi connectivity index (χ3n) is 2.17. The molecule has 0 bridgehead atoms. The van der Waals surface area contributed by atoms with Crippen molar-refractivity contribution in [2.75, 3.05) is 7.11 Å². The van der Waals surface area contributed by atoms with E-state index in [2.05, 4.69) is 15.9 Å². The Balaban J connectivity index is 3.15. The molecule has 0 saturated heterocycles. The van der Waals surface area contributed by atoms with E-state index in [1.165, 1.54) is 0 Å².